The van der Waals surface area contributed by atoms with E-state index in [1.165, 1.54) is 37.6 Å². The summed E-state index contributed by atoms with van der Waals surface area (Å²) in [7, 11) is 3.01. The third-order valence-corrected chi connectivity index (χ3v) is 10.4. The number of aromatic carboxylic acids is 1. The molecular formula is C38H36Cl2N4O7. The minimum absolute atomic E-state index is 0.0134. The van der Waals surface area contributed by atoms with Crippen molar-refractivity contribution in [2.45, 2.75) is 37.8 Å². The smallest absolute Gasteiger partial charge is 0.414 e. The van der Waals surface area contributed by atoms with Gasteiger partial charge in [0.25, 0.3) is 0 Å². The van der Waals surface area contributed by atoms with Gasteiger partial charge in [-0.1, -0.05) is 53.5 Å². The van der Waals surface area contributed by atoms with Crippen molar-refractivity contribution < 1.29 is 33.6 Å². The number of amides is 1. The maximum absolute atomic E-state index is 14.0. The van der Waals surface area contributed by atoms with Gasteiger partial charge in [0.2, 0.25) is 0 Å². The number of benzene rings is 3. The molecular weight excluding hydrogens is 695 g/mol. The van der Waals surface area contributed by atoms with E-state index in [9.17, 15) is 25.2 Å². The van der Waals surface area contributed by atoms with Crippen LogP contribution in [-0.4, -0.2) is 62.0 Å². The van der Waals surface area contributed by atoms with E-state index in [0.29, 0.717) is 50.7 Å². The van der Waals surface area contributed by atoms with Gasteiger partial charge in [-0.3, -0.25) is 9.80 Å². The summed E-state index contributed by atoms with van der Waals surface area (Å²) in [5.74, 6) is -0.678. The van der Waals surface area contributed by atoms with Crippen LogP contribution in [0.1, 0.15) is 56.9 Å². The predicted octanol–water partition coefficient (Wildman–Crippen LogP) is 6.83. The van der Waals surface area contributed by atoms with E-state index in [4.69, 9.17) is 37.4 Å². The molecule has 7 rings (SSSR count). The average molecular weight is 732 g/mol. The first-order valence-corrected chi connectivity index (χ1v) is 17.2. The van der Waals surface area contributed by atoms with Crippen molar-refractivity contribution in [2.24, 2.45) is 5.92 Å². The van der Waals surface area contributed by atoms with Gasteiger partial charge in [-0.2, -0.15) is 9.99 Å². The van der Waals surface area contributed by atoms with Crippen molar-refractivity contribution in [3.8, 4) is 17.6 Å². The standard InChI is InChI=1S/C38H36Cl2N4O7/c1-49-34-10-8-25(16-35(34)50-2)28(17-30-31(39)20-43(48)21-32(30)40)29-15-23(7-9-27(29)37(45)46)19-44(33-6-4-3-5-26(33)18-41)38(47)51-36-22-42-13-11-24(36)12-14-42/h3-10,15-16,20-21,24,28,36H,11-14,17,19,22H2,1-2H3,(H,45,46)/t28-,36-/m0/s1. The minimum Gasteiger partial charge on any atom is -0.619 e. The van der Waals surface area contributed by atoms with Gasteiger partial charge >= 0.3 is 12.1 Å². The Morgan fingerprint density at radius 1 is 1.04 bits per heavy atom. The number of halogens is 2. The number of methoxy groups -OCH3 is 2. The zero-order valence-electron chi connectivity index (χ0n) is 28.1. The Kier molecular flexibility index (Phi) is 10.9. The number of carbonyl (C=O) groups is 2. The van der Waals surface area contributed by atoms with Gasteiger partial charge in [0.15, 0.2) is 23.9 Å². The lowest BCUT2D eigenvalue weighted by Gasteiger charge is -2.44. The van der Waals surface area contributed by atoms with Crippen LogP contribution >= 0.6 is 23.2 Å². The molecule has 0 aliphatic carbocycles. The topological polar surface area (TPSA) is 139 Å². The molecule has 2 bridgehead atoms. The molecule has 3 aliphatic rings. The molecule has 3 fully saturated rings. The highest BCUT2D eigenvalue weighted by Gasteiger charge is 2.38. The number of ether oxygens (including phenoxy) is 3. The van der Waals surface area contributed by atoms with Gasteiger partial charge in [0.1, 0.15) is 22.2 Å². The number of para-hydroxylation sites is 1. The fourth-order valence-electron chi connectivity index (χ4n) is 7.07. The van der Waals surface area contributed by atoms with E-state index in [1.807, 2.05) is 0 Å². The molecule has 4 aromatic rings. The molecule has 1 aromatic heterocycles. The van der Waals surface area contributed by atoms with Crippen molar-refractivity contribution in [3.63, 3.8) is 0 Å². The van der Waals surface area contributed by atoms with E-state index < -0.39 is 18.0 Å². The second-order valence-corrected chi connectivity index (χ2v) is 13.5. The first-order valence-electron chi connectivity index (χ1n) is 16.4. The number of carbonyl (C=O) groups excluding carboxylic acids is 1. The summed E-state index contributed by atoms with van der Waals surface area (Å²) in [6.45, 7) is 2.60. The number of pyridine rings is 1. The Morgan fingerprint density at radius 3 is 2.37 bits per heavy atom. The molecule has 0 radical (unpaired) electrons. The maximum atomic E-state index is 14.0. The van der Waals surface area contributed by atoms with Crippen LogP contribution in [0.2, 0.25) is 10.0 Å². The van der Waals surface area contributed by atoms with Crippen molar-refractivity contribution >= 4 is 41.0 Å². The summed E-state index contributed by atoms with van der Waals surface area (Å²) >= 11 is 13.1. The van der Waals surface area contributed by atoms with Gasteiger partial charge in [0, 0.05) is 18.0 Å². The second-order valence-electron chi connectivity index (χ2n) is 12.7. The highest BCUT2D eigenvalue weighted by molar-refractivity contribution is 6.35. The lowest BCUT2D eigenvalue weighted by molar-refractivity contribution is -0.605. The van der Waals surface area contributed by atoms with Crippen LogP contribution in [0.25, 0.3) is 0 Å². The number of piperidine rings is 3. The third kappa shape index (κ3) is 7.69. The minimum atomic E-state index is -1.17. The predicted molar refractivity (Wildman–Crippen MR) is 191 cm³/mol. The average Bonchev–Trinajstić information content (AvgIpc) is 3.13. The van der Waals surface area contributed by atoms with E-state index in [1.54, 1.807) is 54.6 Å². The lowest BCUT2D eigenvalue weighted by atomic mass is 9.82. The summed E-state index contributed by atoms with van der Waals surface area (Å²) in [5, 5.41) is 32.7. The van der Waals surface area contributed by atoms with Crippen LogP contribution in [0.4, 0.5) is 10.5 Å². The Hall–Kier alpha value is -5.02. The highest BCUT2D eigenvalue weighted by atomic mass is 35.5. The van der Waals surface area contributed by atoms with Gasteiger partial charge in [0.05, 0.1) is 37.6 Å². The number of rotatable bonds is 11. The van der Waals surface area contributed by atoms with Crippen LogP contribution in [-0.2, 0) is 17.7 Å². The van der Waals surface area contributed by atoms with Crippen LogP contribution in [0, 0.1) is 22.5 Å². The Labute approximate surface area is 305 Å². The Balaban J connectivity index is 1.45. The van der Waals surface area contributed by atoms with Crippen molar-refractivity contribution in [1.29, 1.82) is 5.26 Å². The van der Waals surface area contributed by atoms with Gasteiger partial charge in [-0.25, -0.2) is 9.59 Å². The van der Waals surface area contributed by atoms with Crippen LogP contribution < -0.4 is 19.1 Å². The molecule has 264 valence electrons. The van der Waals surface area contributed by atoms with Gasteiger partial charge < -0.3 is 24.5 Å². The second kappa shape index (κ2) is 15.5. The molecule has 11 nitrogen and oxygen atoms in total. The van der Waals surface area contributed by atoms with Crippen molar-refractivity contribution in [2.75, 3.05) is 38.8 Å². The molecule has 0 spiro atoms. The van der Waals surface area contributed by atoms with E-state index in [-0.39, 0.29) is 46.2 Å². The molecule has 3 aromatic carbocycles. The number of anilines is 1. The number of nitriles is 1. The number of aromatic nitrogens is 1. The number of carboxylic acids is 1. The molecule has 1 N–H and O–H groups in total. The largest absolute Gasteiger partial charge is 0.619 e. The molecule has 0 unspecified atom stereocenters. The number of hydrogen-bond acceptors (Lipinski definition) is 8. The van der Waals surface area contributed by atoms with Gasteiger partial charge in [-0.15, -0.1) is 0 Å². The fraction of sp³-hybridized carbons (Fsp3) is 0.316. The third-order valence-electron chi connectivity index (χ3n) is 9.72. The normalized spacial score (nSPS) is 18.4. The molecule has 51 heavy (non-hydrogen) atoms. The van der Waals surface area contributed by atoms with Crippen LogP contribution in [0.5, 0.6) is 11.5 Å². The summed E-state index contributed by atoms with van der Waals surface area (Å²) in [6.07, 6.45) is 3.53. The maximum Gasteiger partial charge on any atom is 0.414 e. The number of nitrogens with zero attached hydrogens (tertiary/aromatic N) is 4. The molecule has 4 heterocycles. The van der Waals surface area contributed by atoms with E-state index >= 15 is 0 Å². The molecule has 13 heteroatoms. The molecule has 2 atom stereocenters. The zero-order chi connectivity index (χ0) is 36.2. The lowest BCUT2D eigenvalue weighted by Crippen LogP contribution is -2.53. The summed E-state index contributed by atoms with van der Waals surface area (Å²) < 4.78 is 17.7. The molecule has 0 saturated carbocycles. The first-order chi connectivity index (χ1) is 24.6. The monoisotopic (exact) mass is 730 g/mol. The fourth-order valence-corrected chi connectivity index (χ4v) is 7.67. The first kappa shape index (κ1) is 35.8. The highest BCUT2D eigenvalue weighted by Crippen LogP contribution is 2.40. The number of hydrogen-bond donors (Lipinski definition) is 1. The van der Waals surface area contributed by atoms with Gasteiger partial charge in [-0.05, 0) is 85.3 Å². The summed E-state index contributed by atoms with van der Waals surface area (Å²) in [4.78, 5) is 30.5. The molecule has 1 amide bonds. The molecule has 3 aliphatic heterocycles. The van der Waals surface area contributed by atoms with E-state index in [2.05, 4.69) is 11.0 Å². The van der Waals surface area contributed by atoms with E-state index in [0.717, 1.165) is 25.9 Å². The van der Waals surface area contributed by atoms with Crippen LogP contribution in [0.3, 0.4) is 0 Å². The number of fused-ring (bicyclic) bond motifs is 3. The molecule has 3 saturated heterocycles. The van der Waals surface area contributed by atoms with Crippen molar-refractivity contribution in [3.05, 3.63) is 122 Å². The SMILES string of the molecule is COc1ccc([C@H](Cc2c(Cl)c[n+]([O-])cc2Cl)c2cc(CN(C(=O)O[C@H]3CN4CCC3CC4)c3ccccc3C#N)ccc2C(=O)O)cc1OC. The zero-order valence-corrected chi connectivity index (χ0v) is 29.6. The number of carboxylic acid groups (broad SMARTS) is 1. The quantitative estimate of drug-likeness (QED) is 0.130. The Morgan fingerprint density at radius 2 is 1.75 bits per heavy atom. The summed E-state index contributed by atoms with van der Waals surface area (Å²) in [5.41, 5.74) is 2.77. The summed E-state index contributed by atoms with van der Waals surface area (Å²) in [6, 6.07) is 19.1. The van der Waals surface area contributed by atoms with Crippen molar-refractivity contribution in [1.82, 2.24) is 4.90 Å². The Bertz CT molecular complexity index is 1970. The van der Waals surface area contributed by atoms with Crippen LogP contribution in [0.15, 0.2) is 73.1 Å².